The van der Waals surface area contributed by atoms with Gasteiger partial charge in [-0.25, -0.2) is 4.39 Å². The van der Waals surface area contributed by atoms with Crippen molar-refractivity contribution in [2.45, 2.75) is 38.3 Å². The standard InChI is InChI=1S/C21H26FN5O2/c22-19-7-2-1-5-16(19)11-20(28)24-17-12-23-27(13-17)15-21(29)26-10-9-25-8-4-3-6-18(25)14-26/h1-2,5,7,12-13,18H,3-4,6,8-11,14-15H2,(H,24,28)/t18-/m0/s1. The van der Waals surface area contributed by atoms with Gasteiger partial charge in [0.1, 0.15) is 12.4 Å². The van der Waals surface area contributed by atoms with Gasteiger partial charge < -0.3 is 10.2 Å². The summed E-state index contributed by atoms with van der Waals surface area (Å²) in [5.41, 5.74) is 0.839. The zero-order valence-corrected chi connectivity index (χ0v) is 16.4. The second kappa shape index (κ2) is 8.73. The number of nitrogens with one attached hydrogen (secondary N) is 1. The van der Waals surface area contributed by atoms with Gasteiger partial charge in [-0.05, 0) is 31.0 Å². The number of amides is 2. The molecule has 0 saturated carbocycles. The summed E-state index contributed by atoms with van der Waals surface area (Å²) in [7, 11) is 0. The van der Waals surface area contributed by atoms with Gasteiger partial charge in [0.15, 0.2) is 0 Å². The molecule has 7 nitrogen and oxygen atoms in total. The van der Waals surface area contributed by atoms with Crippen LogP contribution in [0.2, 0.25) is 0 Å². The summed E-state index contributed by atoms with van der Waals surface area (Å²) in [6.07, 6.45) is 6.73. The van der Waals surface area contributed by atoms with Crippen LogP contribution in [0.3, 0.4) is 0 Å². The van der Waals surface area contributed by atoms with Gasteiger partial charge >= 0.3 is 0 Å². The molecule has 2 fully saturated rings. The van der Waals surface area contributed by atoms with E-state index in [1.807, 2.05) is 4.90 Å². The van der Waals surface area contributed by atoms with Crippen molar-refractivity contribution in [1.29, 1.82) is 0 Å². The Morgan fingerprint density at radius 3 is 2.90 bits per heavy atom. The van der Waals surface area contributed by atoms with Crippen LogP contribution in [0.15, 0.2) is 36.7 Å². The molecule has 2 aromatic rings. The Hall–Kier alpha value is -2.74. The Morgan fingerprint density at radius 1 is 1.17 bits per heavy atom. The number of aromatic nitrogens is 2. The molecule has 0 bridgehead atoms. The fourth-order valence-corrected chi connectivity index (χ4v) is 4.16. The molecule has 1 aromatic heterocycles. The number of halogens is 1. The third-order valence-corrected chi connectivity index (χ3v) is 5.71. The lowest BCUT2D eigenvalue weighted by molar-refractivity contribution is -0.135. The molecular weight excluding hydrogens is 373 g/mol. The average molecular weight is 399 g/mol. The van der Waals surface area contributed by atoms with Gasteiger partial charge in [0.2, 0.25) is 11.8 Å². The Labute approximate surface area is 169 Å². The highest BCUT2D eigenvalue weighted by Crippen LogP contribution is 2.21. The molecule has 0 radical (unpaired) electrons. The van der Waals surface area contributed by atoms with E-state index in [1.54, 1.807) is 24.4 Å². The van der Waals surface area contributed by atoms with Gasteiger partial charge in [-0.3, -0.25) is 19.2 Å². The molecule has 1 atom stereocenters. The normalized spacial score (nSPS) is 19.6. The number of carbonyl (C=O) groups excluding carboxylic acids is 2. The summed E-state index contributed by atoms with van der Waals surface area (Å²) in [6.45, 7) is 3.76. The van der Waals surface area contributed by atoms with Crippen LogP contribution in [0.1, 0.15) is 24.8 Å². The summed E-state index contributed by atoms with van der Waals surface area (Å²) in [6, 6.07) is 6.68. The fraction of sp³-hybridized carbons (Fsp3) is 0.476. The third-order valence-electron chi connectivity index (χ3n) is 5.71. The number of carbonyl (C=O) groups is 2. The van der Waals surface area contributed by atoms with Crippen LogP contribution in [0, 0.1) is 5.82 Å². The summed E-state index contributed by atoms with van der Waals surface area (Å²) >= 11 is 0. The highest BCUT2D eigenvalue weighted by Gasteiger charge is 2.31. The molecule has 2 saturated heterocycles. The fourth-order valence-electron chi connectivity index (χ4n) is 4.16. The minimum atomic E-state index is -0.401. The van der Waals surface area contributed by atoms with Crippen molar-refractivity contribution in [3.63, 3.8) is 0 Å². The molecular formula is C21H26FN5O2. The first-order valence-electron chi connectivity index (χ1n) is 10.2. The highest BCUT2D eigenvalue weighted by atomic mass is 19.1. The van der Waals surface area contributed by atoms with Crippen molar-refractivity contribution in [3.05, 3.63) is 48.0 Å². The Bertz CT molecular complexity index is 883. The van der Waals surface area contributed by atoms with E-state index in [-0.39, 0.29) is 24.8 Å². The first-order valence-corrected chi connectivity index (χ1v) is 10.2. The summed E-state index contributed by atoms with van der Waals surface area (Å²) < 4.78 is 15.2. The van der Waals surface area contributed by atoms with Gasteiger partial charge in [0, 0.05) is 31.9 Å². The number of rotatable bonds is 5. The molecule has 0 aliphatic carbocycles. The molecule has 2 aliphatic heterocycles. The average Bonchev–Trinajstić information content (AvgIpc) is 3.15. The van der Waals surface area contributed by atoms with Crippen LogP contribution in [0.25, 0.3) is 0 Å². The largest absolute Gasteiger partial charge is 0.338 e. The molecule has 3 heterocycles. The highest BCUT2D eigenvalue weighted by molar-refractivity contribution is 5.92. The van der Waals surface area contributed by atoms with Gasteiger partial charge in [-0.2, -0.15) is 5.10 Å². The molecule has 2 amide bonds. The van der Waals surface area contributed by atoms with Crippen molar-refractivity contribution in [3.8, 4) is 0 Å². The van der Waals surface area contributed by atoms with Crippen molar-refractivity contribution < 1.29 is 14.0 Å². The molecule has 1 aromatic carbocycles. The molecule has 29 heavy (non-hydrogen) atoms. The Balaban J connectivity index is 1.29. The predicted octanol–water partition coefficient (Wildman–Crippen LogP) is 1.90. The van der Waals surface area contributed by atoms with Crippen LogP contribution in [0.4, 0.5) is 10.1 Å². The molecule has 0 spiro atoms. The molecule has 154 valence electrons. The summed E-state index contributed by atoms with van der Waals surface area (Å²) in [5, 5.41) is 6.89. The summed E-state index contributed by atoms with van der Waals surface area (Å²) in [4.78, 5) is 29.2. The second-order valence-electron chi connectivity index (χ2n) is 7.77. The monoisotopic (exact) mass is 399 g/mol. The molecule has 1 N–H and O–H groups in total. The van der Waals surface area contributed by atoms with Crippen LogP contribution < -0.4 is 5.32 Å². The zero-order chi connectivity index (χ0) is 20.2. The Morgan fingerprint density at radius 2 is 2.03 bits per heavy atom. The van der Waals surface area contributed by atoms with Crippen LogP contribution in [0.5, 0.6) is 0 Å². The van der Waals surface area contributed by atoms with Crippen molar-refractivity contribution >= 4 is 17.5 Å². The van der Waals surface area contributed by atoms with Crippen molar-refractivity contribution in [1.82, 2.24) is 19.6 Å². The first kappa shape index (κ1) is 19.6. The molecule has 4 rings (SSSR count). The topological polar surface area (TPSA) is 70.5 Å². The maximum absolute atomic E-state index is 13.7. The van der Waals surface area contributed by atoms with Gasteiger partial charge in [-0.1, -0.05) is 24.6 Å². The maximum Gasteiger partial charge on any atom is 0.244 e. The lowest BCUT2D eigenvalue weighted by Crippen LogP contribution is -2.56. The van der Waals surface area contributed by atoms with E-state index >= 15 is 0 Å². The lowest BCUT2D eigenvalue weighted by atomic mass is 9.99. The van der Waals surface area contributed by atoms with E-state index in [2.05, 4.69) is 15.3 Å². The number of nitrogens with zero attached hydrogens (tertiary/aromatic N) is 4. The number of anilines is 1. The van der Waals surface area contributed by atoms with Crippen LogP contribution in [-0.4, -0.2) is 63.6 Å². The van der Waals surface area contributed by atoms with Crippen molar-refractivity contribution in [2.24, 2.45) is 0 Å². The lowest BCUT2D eigenvalue weighted by Gasteiger charge is -2.44. The van der Waals surface area contributed by atoms with E-state index in [1.165, 1.54) is 29.8 Å². The van der Waals surface area contributed by atoms with E-state index in [0.717, 1.165) is 32.6 Å². The Kier molecular flexibility index (Phi) is 5.89. The first-order chi connectivity index (χ1) is 14.1. The number of hydrogen-bond donors (Lipinski definition) is 1. The molecule has 2 aliphatic rings. The van der Waals surface area contributed by atoms with Crippen molar-refractivity contribution in [2.75, 3.05) is 31.5 Å². The minimum Gasteiger partial charge on any atom is -0.338 e. The number of piperazine rings is 1. The quantitative estimate of drug-likeness (QED) is 0.834. The smallest absolute Gasteiger partial charge is 0.244 e. The molecule has 8 heteroatoms. The molecule has 0 unspecified atom stereocenters. The van der Waals surface area contributed by atoms with Gasteiger partial charge in [0.05, 0.1) is 18.3 Å². The minimum absolute atomic E-state index is 0.0440. The third kappa shape index (κ3) is 4.82. The zero-order valence-electron chi connectivity index (χ0n) is 16.4. The van der Waals surface area contributed by atoms with Gasteiger partial charge in [0.25, 0.3) is 0 Å². The maximum atomic E-state index is 13.7. The second-order valence-corrected chi connectivity index (χ2v) is 7.77. The van der Waals surface area contributed by atoms with E-state index in [9.17, 15) is 14.0 Å². The van der Waals surface area contributed by atoms with E-state index in [4.69, 9.17) is 0 Å². The number of fused-ring (bicyclic) bond motifs is 1. The number of hydrogen-bond acceptors (Lipinski definition) is 4. The van der Waals surface area contributed by atoms with Gasteiger partial charge in [-0.15, -0.1) is 0 Å². The summed E-state index contributed by atoms with van der Waals surface area (Å²) in [5.74, 6) is -0.682. The number of benzene rings is 1. The van der Waals surface area contributed by atoms with E-state index in [0.29, 0.717) is 17.3 Å². The predicted molar refractivity (Wildman–Crippen MR) is 107 cm³/mol. The number of piperidine rings is 1. The van der Waals surface area contributed by atoms with Crippen LogP contribution >= 0.6 is 0 Å². The van der Waals surface area contributed by atoms with Crippen LogP contribution in [-0.2, 0) is 22.6 Å². The van der Waals surface area contributed by atoms with E-state index < -0.39 is 5.82 Å². The SMILES string of the molecule is O=C(Cc1ccccc1F)Nc1cnn(CC(=O)N2CCN3CCCC[C@H]3C2)c1.